The molecule has 0 N–H and O–H groups in total. The fraction of sp³-hybridized carbons (Fsp3) is 0.750. The Balaban J connectivity index is 0.00000147. The number of rotatable bonds is 2. The summed E-state index contributed by atoms with van der Waals surface area (Å²) in [5, 5.41) is 0.459. The van der Waals surface area contributed by atoms with Crippen LogP contribution in [0.3, 0.4) is 0 Å². The van der Waals surface area contributed by atoms with E-state index in [1.165, 1.54) is 0 Å². The molecule has 3 aliphatic heterocycles. The lowest BCUT2D eigenvalue weighted by molar-refractivity contribution is -0.179. The second-order valence-corrected chi connectivity index (χ2v) is 4.60. The van der Waals surface area contributed by atoms with Crippen molar-refractivity contribution < 1.29 is 33.4 Å². The molecule has 0 saturated carbocycles. The van der Waals surface area contributed by atoms with Crippen molar-refractivity contribution in [2.75, 3.05) is 13.2 Å². The second-order valence-electron chi connectivity index (χ2n) is 4.60. The van der Waals surface area contributed by atoms with E-state index in [1.54, 1.807) is 0 Å². The Morgan fingerprint density at radius 2 is 1.90 bits per heavy atom. The van der Waals surface area contributed by atoms with E-state index in [2.05, 4.69) is 4.84 Å². The lowest BCUT2D eigenvalue weighted by Gasteiger charge is -2.17. The van der Waals surface area contributed by atoms with Gasteiger partial charge in [0.15, 0.2) is 6.29 Å². The monoisotopic (exact) mass is 287 g/mol. The average molecular weight is 287 g/mol. The van der Waals surface area contributed by atoms with Gasteiger partial charge in [-0.2, -0.15) is 0 Å². The summed E-state index contributed by atoms with van der Waals surface area (Å²) < 4.78 is 15.7. The lowest BCUT2D eigenvalue weighted by Crippen LogP contribution is -2.35. The van der Waals surface area contributed by atoms with Crippen LogP contribution in [-0.4, -0.2) is 48.6 Å². The summed E-state index contributed by atoms with van der Waals surface area (Å²) in [6.07, 6.45) is -1.02. The van der Waals surface area contributed by atoms with Crippen LogP contribution in [-0.2, 0) is 28.6 Å². The van der Waals surface area contributed by atoms with Gasteiger partial charge in [0.25, 0.3) is 11.8 Å². The molecule has 8 heteroatoms. The van der Waals surface area contributed by atoms with Crippen molar-refractivity contribution in [2.24, 2.45) is 5.92 Å². The van der Waals surface area contributed by atoms with Crippen molar-refractivity contribution in [3.8, 4) is 0 Å². The first kappa shape index (κ1) is 14.7. The van der Waals surface area contributed by atoms with E-state index in [-0.39, 0.29) is 39.1 Å². The smallest absolute Gasteiger partial charge is 0.426 e. The van der Waals surface area contributed by atoms with Crippen molar-refractivity contribution in [3.05, 3.63) is 0 Å². The van der Waals surface area contributed by atoms with E-state index >= 15 is 0 Å². The first-order valence-corrected chi connectivity index (χ1v) is 6.13. The molecule has 3 heterocycles. The van der Waals surface area contributed by atoms with Crippen LogP contribution >= 0.6 is 0 Å². The number of nitrogens with zero attached hydrogens (tertiary/aromatic N) is 1. The van der Waals surface area contributed by atoms with Crippen molar-refractivity contribution >= 4 is 18.0 Å². The molecule has 8 nitrogen and oxygen atoms in total. The van der Waals surface area contributed by atoms with Crippen LogP contribution < -0.4 is 0 Å². The van der Waals surface area contributed by atoms with Crippen LogP contribution in [0, 0.1) is 5.92 Å². The van der Waals surface area contributed by atoms with E-state index in [1.807, 2.05) is 0 Å². The maximum Gasteiger partial charge on any atom is 0.534 e. The van der Waals surface area contributed by atoms with Gasteiger partial charge in [0.05, 0.1) is 19.1 Å². The number of amides is 2. The molecule has 3 saturated heterocycles. The molecule has 0 aromatic carbocycles. The van der Waals surface area contributed by atoms with Gasteiger partial charge in [-0.25, -0.2) is 4.79 Å². The molecule has 3 atom stereocenters. The van der Waals surface area contributed by atoms with Crippen LogP contribution in [0.5, 0.6) is 0 Å². The zero-order valence-electron chi connectivity index (χ0n) is 10.1. The minimum absolute atomic E-state index is 0. The molecule has 3 fully saturated rings. The third-order valence-corrected chi connectivity index (χ3v) is 3.40. The first-order chi connectivity index (χ1) is 9.15. The van der Waals surface area contributed by atoms with Gasteiger partial charge in [0.1, 0.15) is 6.10 Å². The molecule has 0 aromatic rings. The first-order valence-electron chi connectivity index (χ1n) is 6.13. The largest absolute Gasteiger partial charge is 0.534 e. The topological polar surface area (TPSA) is 91.4 Å². The summed E-state index contributed by atoms with van der Waals surface area (Å²) in [6.45, 7) is 0.791. The Morgan fingerprint density at radius 3 is 2.60 bits per heavy atom. The average Bonchev–Trinajstić information content (AvgIpc) is 3.03. The van der Waals surface area contributed by atoms with Crippen LogP contribution in [0.25, 0.3) is 0 Å². The van der Waals surface area contributed by atoms with Gasteiger partial charge in [-0.1, -0.05) is 12.5 Å². The number of carbonyl (C=O) groups is 3. The lowest BCUT2D eigenvalue weighted by atomic mass is 10.0. The number of hydrogen-bond donors (Lipinski definition) is 0. The van der Waals surface area contributed by atoms with Crippen LogP contribution in [0.4, 0.5) is 4.79 Å². The second kappa shape index (κ2) is 5.76. The molecule has 0 radical (unpaired) electrons. The van der Waals surface area contributed by atoms with Crippen molar-refractivity contribution in [1.29, 1.82) is 0 Å². The highest BCUT2D eigenvalue weighted by Gasteiger charge is 2.44. The van der Waals surface area contributed by atoms with Crippen LogP contribution in [0.15, 0.2) is 0 Å². The minimum atomic E-state index is -1.07. The summed E-state index contributed by atoms with van der Waals surface area (Å²) in [7, 11) is 0. The zero-order valence-corrected chi connectivity index (χ0v) is 10.1. The molecule has 0 aliphatic carbocycles. The highest BCUT2D eigenvalue weighted by molar-refractivity contribution is 6.01. The number of hydroxylamine groups is 2. The number of ether oxygens (including phenoxy) is 3. The third kappa shape index (κ3) is 2.61. The molecular weight excluding hydrogens is 270 g/mol. The predicted octanol–water partition coefficient (Wildman–Crippen LogP) is 0.601. The number of fused-ring (bicyclic) bond motifs is 1. The highest BCUT2D eigenvalue weighted by Crippen LogP contribution is 2.33. The van der Waals surface area contributed by atoms with Crippen molar-refractivity contribution in [1.82, 2.24) is 5.06 Å². The SMILES string of the molecule is C.O=C(O[C@H]1CO[C@H]2OCC[C@H]21)ON1C(=O)CCC1=O. The normalized spacial score (nSPS) is 32.0. The van der Waals surface area contributed by atoms with Gasteiger partial charge in [-0.05, 0) is 6.42 Å². The number of hydrogen-bond acceptors (Lipinski definition) is 7. The van der Waals surface area contributed by atoms with E-state index in [4.69, 9.17) is 14.2 Å². The van der Waals surface area contributed by atoms with Crippen LogP contribution in [0.2, 0.25) is 0 Å². The van der Waals surface area contributed by atoms with Gasteiger partial charge >= 0.3 is 6.16 Å². The summed E-state index contributed by atoms with van der Waals surface area (Å²) in [5.74, 6) is -1.09. The molecule has 3 aliphatic rings. The Bertz CT molecular complexity index is 408. The summed E-state index contributed by atoms with van der Waals surface area (Å²) >= 11 is 0. The molecular formula is C12H17NO7. The van der Waals surface area contributed by atoms with E-state index in [0.717, 1.165) is 6.42 Å². The Hall–Kier alpha value is -1.67. The van der Waals surface area contributed by atoms with Crippen LogP contribution in [0.1, 0.15) is 26.7 Å². The fourth-order valence-electron chi connectivity index (χ4n) is 2.43. The summed E-state index contributed by atoms with van der Waals surface area (Å²) in [4.78, 5) is 38.7. The fourth-order valence-corrected chi connectivity index (χ4v) is 2.43. The number of imide groups is 1. The zero-order chi connectivity index (χ0) is 13.4. The van der Waals surface area contributed by atoms with Crippen molar-refractivity contribution in [3.63, 3.8) is 0 Å². The Labute approximate surface area is 115 Å². The van der Waals surface area contributed by atoms with Crippen molar-refractivity contribution in [2.45, 2.75) is 39.1 Å². The molecule has 20 heavy (non-hydrogen) atoms. The van der Waals surface area contributed by atoms with E-state index in [0.29, 0.717) is 11.7 Å². The molecule has 0 aromatic heterocycles. The van der Waals surface area contributed by atoms with Gasteiger partial charge in [0, 0.05) is 12.8 Å². The van der Waals surface area contributed by atoms with Gasteiger partial charge in [0.2, 0.25) is 0 Å². The molecule has 2 amide bonds. The Kier molecular flexibility index (Phi) is 4.24. The summed E-state index contributed by atoms with van der Waals surface area (Å²) in [5.41, 5.74) is 0. The maximum absolute atomic E-state index is 11.5. The van der Waals surface area contributed by atoms with E-state index in [9.17, 15) is 14.4 Å². The third-order valence-electron chi connectivity index (χ3n) is 3.40. The van der Waals surface area contributed by atoms with Gasteiger partial charge in [-0.3, -0.25) is 14.4 Å². The molecule has 112 valence electrons. The molecule has 0 bridgehead atoms. The van der Waals surface area contributed by atoms with Gasteiger partial charge < -0.3 is 14.2 Å². The predicted molar refractivity (Wildman–Crippen MR) is 63.0 cm³/mol. The number of carbonyl (C=O) groups excluding carboxylic acids is 3. The van der Waals surface area contributed by atoms with E-state index < -0.39 is 24.1 Å². The Morgan fingerprint density at radius 1 is 1.20 bits per heavy atom. The minimum Gasteiger partial charge on any atom is -0.426 e. The summed E-state index contributed by atoms with van der Waals surface area (Å²) in [6, 6.07) is 0. The quantitative estimate of drug-likeness (QED) is 0.542. The highest BCUT2D eigenvalue weighted by atomic mass is 16.8. The molecule has 0 spiro atoms. The molecule has 0 unspecified atom stereocenters. The van der Waals surface area contributed by atoms with Gasteiger partial charge in [-0.15, -0.1) is 0 Å². The maximum atomic E-state index is 11.5. The standard InChI is InChI=1S/C11H13NO7.CH4/c13-8-1-2-9(14)12(8)19-11(15)18-7-5-17-10-6(7)3-4-16-10;/h6-7,10H,1-5H2;1H4/t6-,7-,10+;/m0./s1. The molecule has 3 rings (SSSR count).